The monoisotopic (exact) mass is 545 g/mol. The number of nitrogens with one attached hydrogen (secondary N) is 3. The van der Waals surface area contributed by atoms with Crippen molar-refractivity contribution in [3.8, 4) is 0 Å². The number of nitrogens with zero attached hydrogens (tertiary/aromatic N) is 2. The standard InChI is InChI=1S/C27H39N5O7/c1-4-39-26(37)31-15-13-27(14-16-31)24(35)32(25(36)28-27)29-22(33)21(17-18(2)3)20(23(34)30-38)12-8-11-19-9-6-5-7-10-19/h5-7,9-10,18,20-21,38H,4,8,11-17H2,1-3H3,(H,28,36)(H,29,33)(H,30,34)/t20-,21+/m0/s1. The normalized spacial score (nSPS) is 18.1. The molecule has 0 aromatic heterocycles. The number of hydrogen-bond donors (Lipinski definition) is 4. The van der Waals surface area contributed by atoms with Gasteiger partial charge in [-0.15, -0.1) is 0 Å². The van der Waals surface area contributed by atoms with Crippen LogP contribution >= 0.6 is 0 Å². The number of hydrazine groups is 1. The molecule has 214 valence electrons. The summed E-state index contributed by atoms with van der Waals surface area (Å²) in [5.74, 6) is -3.70. The maximum atomic E-state index is 13.5. The Kier molecular flexibility index (Phi) is 10.3. The third-order valence-electron chi connectivity index (χ3n) is 7.34. The molecule has 2 aliphatic heterocycles. The summed E-state index contributed by atoms with van der Waals surface area (Å²) in [6, 6.07) is 8.95. The molecule has 0 saturated carbocycles. The summed E-state index contributed by atoms with van der Waals surface area (Å²) < 4.78 is 5.01. The molecule has 3 rings (SSSR count). The molecule has 2 atom stereocenters. The van der Waals surface area contributed by atoms with Crippen LogP contribution in [0.5, 0.6) is 0 Å². The second-order valence-corrected chi connectivity index (χ2v) is 10.5. The molecule has 1 aromatic carbocycles. The van der Waals surface area contributed by atoms with Gasteiger partial charge in [-0.05, 0) is 56.9 Å². The van der Waals surface area contributed by atoms with Crippen LogP contribution < -0.4 is 16.2 Å². The van der Waals surface area contributed by atoms with E-state index >= 15 is 0 Å². The van der Waals surface area contributed by atoms with Crippen LogP contribution in [0.3, 0.4) is 0 Å². The molecule has 6 amide bonds. The molecule has 2 aliphatic rings. The number of hydrogen-bond acceptors (Lipinski definition) is 7. The van der Waals surface area contributed by atoms with Crippen molar-refractivity contribution in [2.24, 2.45) is 17.8 Å². The second kappa shape index (κ2) is 13.4. The Hall–Kier alpha value is -3.67. The lowest BCUT2D eigenvalue weighted by Gasteiger charge is -2.36. The molecule has 12 nitrogen and oxygen atoms in total. The molecular formula is C27H39N5O7. The topological polar surface area (TPSA) is 157 Å². The number of aryl methyl sites for hydroxylation is 1. The number of urea groups is 1. The molecular weight excluding hydrogens is 506 g/mol. The molecule has 0 bridgehead atoms. The summed E-state index contributed by atoms with van der Waals surface area (Å²) >= 11 is 0. The summed E-state index contributed by atoms with van der Waals surface area (Å²) in [6.07, 6.45) is 1.77. The van der Waals surface area contributed by atoms with Gasteiger partial charge in [0.05, 0.1) is 18.4 Å². The van der Waals surface area contributed by atoms with Gasteiger partial charge in [0, 0.05) is 13.1 Å². The van der Waals surface area contributed by atoms with E-state index in [1.807, 2.05) is 44.2 Å². The first-order valence-corrected chi connectivity index (χ1v) is 13.5. The number of hydroxylamine groups is 1. The first kappa shape index (κ1) is 29.9. The zero-order chi connectivity index (χ0) is 28.6. The largest absolute Gasteiger partial charge is 0.450 e. The van der Waals surface area contributed by atoms with Crippen molar-refractivity contribution in [3.05, 3.63) is 35.9 Å². The van der Waals surface area contributed by atoms with E-state index in [0.717, 1.165) is 5.56 Å². The molecule has 0 aliphatic carbocycles. The average molecular weight is 546 g/mol. The van der Waals surface area contributed by atoms with Crippen LogP contribution in [0.2, 0.25) is 0 Å². The molecule has 4 N–H and O–H groups in total. The minimum atomic E-state index is -1.24. The first-order chi connectivity index (χ1) is 18.6. The van der Waals surface area contributed by atoms with E-state index < -0.39 is 47.2 Å². The number of ether oxygens (including phenoxy) is 1. The number of rotatable bonds is 11. The Bertz CT molecular complexity index is 1040. The van der Waals surface area contributed by atoms with Crippen molar-refractivity contribution in [1.29, 1.82) is 0 Å². The number of amides is 6. The quantitative estimate of drug-likeness (QED) is 0.189. The molecule has 2 fully saturated rings. The highest BCUT2D eigenvalue weighted by molar-refractivity contribution is 6.08. The molecule has 2 saturated heterocycles. The van der Waals surface area contributed by atoms with E-state index in [4.69, 9.17) is 4.74 Å². The lowest BCUT2D eigenvalue weighted by Crippen LogP contribution is -2.57. The fraction of sp³-hybridized carbons (Fsp3) is 0.593. The van der Waals surface area contributed by atoms with E-state index in [0.29, 0.717) is 30.7 Å². The van der Waals surface area contributed by atoms with E-state index in [1.54, 1.807) is 12.4 Å². The fourth-order valence-electron chi connectivity index (χ4n) is 5.27. The van der Waals surface area contributed by atoms with Gasteiger partial charge in [-0.2, -0.15) is 5.01 Å². The van der Waals surface area contributed by atoms with Gasteiger partial charge < -0.3 is 15.0 Å². The van der Waals surface area contributed by atoms with E-state index in [1.165, 1.54) is 4.90 Å². The van der Waals surface area contributed by atoms with Gasteiger partial charge in [-0.25, -0.2) is 15.1 Å². The zero-order valence-corrected chi connectivity index (χ0v) is 22.8. The fourth-order valence-corrected chi connectivity index (χ4v) is 5.27. The van der Waals surface area contributed by atoms with Crippen LogP contribution in [0.15, 0.2) is 30.3 Å². The molecule has 12 heteroatoms. The molecule has 39 heavy (non-hydrogen) atoms. The Morgan fingerprint density at radius 3 is 2.33 bits per heavy atom. The van der Waals surface area contributed by atoms with Gasteiger partial charge in [0.2, 0.25) is 11.8 Å². The average Bonchev–Trinajstić information content (AvgIpc) is 3.14. The van der Waals surface area contributed by atoms with E-state index in [-0.39, 0.29) is 38.5 Å². The summed E-state index contributed by atoms with van der Waals surface area (Å²) in [6.45, 7) is 6.16. The van der Waals surface area contributed by atoms with Gasteiger partial charge in [0.25, 0.3) is 5.91 Å². The van der Waals surface area contributed by atoms with Crippen LogP contribution in [-0.2, 0) is 25.5 Å². The Balaban J connectivity index is 1.70. The molecule has 0 unspecified atom stereocenters. The molecule has 0 radical (unpaired) electrons. The van der Waals surface area contributed by atoms with Gasteiger partial charge in [0.1, 0.15) is 5.54 Å². The Morgan fingerprint density at radius 1 is 1.08 bits per heavy atom. The van der Waals surface area contributed by atoms with Gasteiger partial charge in [-0.1, -0.05) is 44.2 Å². The highest BCUT2D eigenvalue weighted by Crippen LogP contribution is 2.31. The number of imide groups is 1. The number of piperidine rings is 1. The van der Waals surface area contributed by atoms with E-state index in [9.17, 15) is 29.2 Å². The van der Waals surface area contributed by atoms with Crippen LogP contribution in [0.25, 0.3) is 0 Å². The summed E-state index contributed by atoms with van der Waals surface area (Å²) in [7, 11) is 0. The van der Waals surface area contributed by atoms with Gasteiger partial charge in [0.15, 0.2) is 0 Å². The van der Waals surface area contributed by atoms with Crippen molar-refractivity contribution < 1.29 is 33.9 Å². The minimum Gasteiger partial charge on any atom is -0.450 e. The van der Waals surface area contributed by atoms with Crippen LogP contribution in [0, 0.1) is 17.8 Å². The van der Waals surface area contributed by atoms with Crippen molar-refractivity contribution in [2.75, 3.05) is 19.7 Å². The maximum absolute atomic E-state index is 13.5. The van der Waals surface area contributed by atoms with Crippen LogP contribution in [0.1, 0.15) is 58.4 Å². The predicted molar refractivity (Wildman–Crippen MR) is 140 cm³/mol. The lowest BCUT2D eigenvalue weighted by molar-refractivity contribution is -0.146. The smallest absolute Gasteiger partial charge is 0.409 e. The van der Waals surface area contributed by atoms with Gasteiger partial charge >= 0.3 is 12.1 Å². The van der Waals surface area contributed by atoms with Crippen LogP contribution in [0.4, 0.5) is 9.59 Å². The Morgan fingerprint density at radius 2 is 1.74 bits per heavy atom. The third kappa shape index (κ3) is 7.25. The Labute approximate surface area is 228 Å². The second-order valence-electron chi connectivity index (χ2n) is 10.5. The SMILES string of the molecule is CCOC(=O)N1CCC2(CC1)NC(=O)N(NC(=O)[C@H](CC(C)C)[C@H](CCCc1ccccc1)C(=O)NO)C2=O. The number of likely N-dealkylation sites (tertiary alicyclic amines) is 1. The predicted octanol–water partition coefficient (Wildman–Crippen LogP) is 2.37. The van der Waals surface area contributed by atoms with E-state index in [2.05, 4.69) is 10.7 Å². The number of carbonyl (C=O) groups is 5. The highest BCUT2D eigenvalue weighted by Gasteiger charge is 2.54. The van der Waals surface area contributed by atoms with Crippen molar-refractivity contribution >= 4 is 29.8 Å². The van der Waals surface area contributed by atoms with Crippen LogP contribution in [-0.4, -0.2) is 70.2 Å². The number of benzene rings is 1. The first-order valence-electron chi connectivity index (χ1n) is 13.5. The molecule has 1 spiro atoms. The summed E-state index contributed by atoms with van der Waals surface area (Å²) in [5, 5.41) is 12.8. The maximum Gasteiger partial charge on any atom is 0.409 e. The van der Waals surface area contributed by atoms with Crippen molar-refractivity contribution in [3.63, 3.8) is 0 Å². The van der Waals surface area contributed by atoms with Crippen molar-refractivity contribution in [1.82, 2.24) is 26.1 Å². The number of carbonyl (C=O) groups excluding carboxylic acids is 5. The summed E-state index contributed by atoms with van der Waals surface area (Å²) in [5.41, 5.74) is 3.97. The highest BCUT2D eigenvalue weighted by atomic mass is 16.6. The third-order valence-corrected chi connectivity index (χ3v) is 7.34. The summed E-state index contributed by atoms with van der Waals surface area (Å²) in [4.78, 5) is 65.8. The van der Waals surface area contributed by atoms with Gasteiger partial charge in [-0.3, -0.25) is 25.0 Å². The molecule has 1 aromatic rings. The zero-order valence-electron chi connectivity index (χ0n) is 22.8. The van der Waals surface area contributed by atoms with Crippen molar-refractivity contribution in [2.45, 2.75) is 64.8 Å². The molecule has 2 heterocycles. The lowest BCUT2D eigenvalue weighted by atomic mass is 9.81. The minimum absolute atomic E-state index is 0.0190.